The lowest BCUT2D eigenvalue weighted by Gasteiger charge is -2.15. The number of carbonyl (C=O) groups is 1. The molecule has 0 spiro atoms. The number of rotatable bonds is 7. The summed E-state index contributed by atoms with van der Waals surface area (Å²) in [5.41, 5.74) is 1.43. The van der Waals surface area contributed by atoms with Gasteiger partial charge in [-0.1, -0.05) is 28.1 Å². The van der Waals surface area contributed by atoms with Crippen LogP contribution in [0, 0.1) is 17.1 Å². The van der Waals surface area contributed by atoms with Crippen molar-refractivity contribution in [2.75, 3.05) is 20.7 Å². The summed E-state index contributed by atoms with van der Waals surface area (Å²) in [5.74, 6) is 0.281. The van der Waals surface area contributed by atoms with E-state index in [9.17, 15) is 14.4 Å². The van der Waals surface area contributed by atoms with Crippen LogP contribution in [0.3, 0.4) is 0 Å². The summed E-state index contributed by atoms with van der Waals surface area (Å²) in [6.45, 7) is 2.50. The Balaban J connectivity index is 2.33. The molecule has 5 nitrogen and oxygen atoms in total. The number of likely N-dealkylation sites (N-methyl/N-ethyl adjacent to an activating group) is 1. The Bertz CT molecular complexity index is 918. The number of carbonyl (C=O) groups excluding carboxylic acids is 1. The van der Waals surface area contributed by atoms with Crippen molar-refractivity contribution in [2.24, 2.45) is 0 Å². The van der Waals surface area contributed by atoms with E-state index in [4.69, 9.17) is 9.47 Å². The summed E-state index contributed by atoms with van der Waals surface area (Å²) in [6, 6.07) is 11.4. The highest BCUT2D eigenvalue weighted by atomic mass is 79.9. The van der Waals surface area contributed by atoms with Crippen molar-refractivity contribution in [3.63, 3.8) is 0 Å². The molecule has 2 aromatic rings. The maximum Gasteiger partial charge on any atom is 0.264 e. The Labute approximate surface area is 172 Å². The van der Waals surface area contributed by atoms with Gasteiger partial charge in [0.2, 0.25) is 0 Å². The van der Waals surface area contributed by atoms with Gasteiger partial charge in [-0.3, -0.25) is 4.79 Å². The number of nitriles is 1. The van der Waals surface area contributed by atoms with E-state index in [1.807, 2.05) is 13.0 Å². The first-order chi connectivity index (χ1) is 13.3. The summed E-state index contributed by atoms with van der Waals surface area (Å²) in [5, 5.41) is 9.29. The number of hydrogen-bond donors (Lipinski definition) is 0. The predicted molar refractivity (Wildman–Crippen MR) is 108 cm³/mol. The van der Waals surface area contributed by atoms with E-state index in [0.29, 0.717) is 28.1 Å². The molecule has 0 atom stereocenters. The van der Waals surface area contributed by atoms with Gasteiger partial charge in [0.05, 0.1) is 6.61 Å². The molecule has 0 aliphatic carbocycles. The normalized spacial score (nSPS) is 10.9. The van der Waals surface area contributed by atoms with Crippen LogP contribution in [-0.4, -0.2) is 31.5 Å². The number of benzene rings is 2. The second-order valence-electron chi connectivity index (χ2n) is 6.04. The van der Waals surface area contributed by atoms with Crippen molar-refractivity contribution in [1.82, 2.24) is 4.90 Å². The third-order valence-electron chi connectivity index (χ3n) is 3.73. The van der Waals surface area contributed by atoms with Gasteiger partial charge in [-0.05, 0) is 48.4 Å². The fourth-order valence-corrected chi connectivity index (χ4v) is 2.76. The molecule has 146 valence electrons. The summed E-state index contributed by atoms with van der Waals surface area (Å²) in [4.78, 5) is 13.4. The average molecular weight is 447 g/mol. The average Bonchev–Trinajstić information content (AvgIpc) is 2.67. The van der Waals surface area contributed by atoms with Crippen LogP contribution in [0.2, 0.25) is 0 Å². The van der Waals surface area contributed by atoms with Crippen molar-refractivity contribution >= 4 is 27.9 Å². The molecule has 0 heterocycles. The highest BCUT2D eigenvalue weighted by Gasteiger charge is 2.15. The molecule has 7 heteroatoms. The third kappa shape index (κ3) is 5.57. The molecule has 0 saturated heterocycles. The molecule has 0 bridgehead atoms. The van der Waals surface area contributed by atoms with Crippen molar-refractivity contribution in [3.8, 4) is 17.6 Å². The quantitative estimate of drug-likeness (QED) is 0.461. The SMILES string of the molecule is CCOc1cc(/C=C(/C#N)C(=O)N(C)C)c(Br)cc1OCc1ccc(F)cc1. The Morgan fingerprint density at radius 3 is 2.43 bits per heavy atom. The Kier molecular flexibility index (Phi) is 7.59. The lowest BCUT2D eigenvalue weighted by Crippen LogP contribution is -2.22. The molecule has 0 radical (unpaired) electrons. The molecule has 28 heavy (non-hydrogen) atoms. The van der Waals surface area contributed by atoms with Gasteiger partial charge in [-0.15, -0.1) is 0 Å². The third-order valence-corrected chi connectivity index (χ3v) is 4.41. The molecule has 0 N–H and O–H groups in total. The molecule has 0 aromatic heterocycles. The van der Waals surface area contributed by atoms with Crippen LogP contribution < -0.4 is 9.47 Å². The summed E-state index contributed by atoms with van der Waals surface area (Å²) < 4.78 is 25.2. The van der Waals surface area contributed by atoms with Gasteiger partial charge in [0.1, 0.15) is 24.1 Å². The van der Waals surface area contributed by atoms with Gasteiger partial charge in [0.25, 0.3) is 5.91 Å². The molecule has 0 aliphatic heterocycles. The summed E-state index contributed by atoms with van der Waals surface area (Å²) in [6.07, 6.45) is 1.50. The number of amides is 1. The molecular weight excluding hydrogens is 427 g/mol. The Morgan fingerprint density at radius 1 is 1.21 bits per heavy atom. The van der Waals surface area contributed by atoms with Crippen LogP contribution in [0.5, 0.6) is 11.5 Å². The second-order valence-corrected chi connectivity index (χ2v) is 6.89. The lowest BCUT2D eigenvalue weighted by molar-refractivity contribution is -0.124. The van der Waals surface area contributed by atoms with Gasteiger partial charge < -0.3 is 14.4 Å². The molecule has 1 amide bonds. The fourth-order valence-electron chi connectivity index (χ4n) is 2.32. The summed E-state index contributed by atoms with van der Waals surface area (Å²) >= 11 is 3.45. The molecule has 0 aliphatic rings. The first-order valence-electron chi connectivity index (χ1n) is 8.52. The monoisotopic (exact) mass is 446 g/mol. The van der Waals surface area contributed by atoms with E-state index in [0.717, 1.165) is 5.56 Å². The smallest absolute Gasteiger partial charge is 0.264 e. The van der Waals surface area contributed by atoms with E-state index >= 15 is 0 Å². The zero-order valence-corrected chi connectivity index (χ0v) is 17.4. The van der Waals surface area contributed by atoms with Crippen LogP contribution in [0.25, 0.3) is 6.08 Å². The number of nitrogens with zero attached hydrogens (tertiary/aromatic N) is 2. The first kappa shape index (κ1) is 21.5. The molecule has 0 fully saturated rings. The first-order valence-corrected chi connectivity index (χ1v) is 9.32. The van der Waals surface area contributed by atoms with Crippen LogP contribution in [-0.2, 0) is 11.4 Å². The molecule has 0 saturated carbocycles. The van der Waals surface area contributed by atoms with Crippen molar-refractivity contribution in [3.05, 3.63) is 63.4 Å². The maximum atomic E-state index is 13.0. The molecule has 2 aromatic carbocycles. The number of hydrogen-bond acceptors (Lipinski definition) is 4. The Morgan fingerprint density at radius 2 is 1.86 bits per heavy atom. The largest absolute Gasteiger partial charge is 0.490 e. The lowest BCUT2D eigenvalue weighted by atomic mass is 10.1. The van der Waals surface area contributed by atoms with Gasteiger partial charge in [-0.2, -0.15) is 5.26 Å². The number of halogens is 2. The molecule has 2 rings (SSSR count). The zero-order chi connectivity index (χ0) is 20.7. The van der Waals surface area contributed by atoms with Crippen LogP contribution in [0.1, 0.15) is 18.1 Å². The van der Waals surface area contributed by atoms with E-state index < -0.39 is 0 Å². The standard InChI is InChI=1S/C21H20BrFN2O3/c1-4-27-19-10-15(9-16(12-24)21(26)25(2)3)18(22)11-20(19)28-13-14-5-7-17(23)8-6-14/h5-11H,4,13H2,1-3H3/b16-9-. The minimum atomic E-state index is -0.385. The van der Waals surface area contributed by atoms with E-state index in [1.165, 1.54) is 23.1 Å². The number of ether oxygens (including phenoxy) is 2. The van der Waals surface area contributed by atoms with Gasteiger partial charge in [0.15, 0.2) is 11.5 Å². The van der Waals surface area contributed by atoms with Crippen LogP contribution in [0.15, 0.2) is 46.4 Å². The van der Waals surface area contributed by atoms with Crippen molar-refractivity contribution < 1.29 is 18.7 Å². The van der Waals surface area contributed by atoms with Gasteiger partial charge in [-0.25, -0.2) is 4.39 Å². The van der Waals surface area contributed by atoms with E-state index in [1.54, 1.807) is 38.4 Å². The second kappa shape index (κ2) is 9.90. The minimum Gasteiger partial charge on any atom is -0.490 e. The van der Waals surface area contributed by atoms with E-state index in [-0.39, 0.29) is 23.9 Å². The highest BCUT2D eigenvalue weighted by molar-refractivity contribution is 9.10. The van der Waals surface area contributed by atoms with E-state index in [2.05, 4.69) is 15.9 Å². The van der Waals surface area contributed by atoms with Gasteiger partial charge >= 0.3 is 0 Å². The maximum absolute atomic E-state index is 13.0. The van der Waals surface area contributed by atoms with Crippen LogP contribution >= 0.6 is 15.9 Å². The predicted octanol–water partition coefficient (Wildman–Crippen LogP) is 4.56. The van der Waals surface area contributed by atoms with Crippen molar-refractivity contribution in [2.45, 2.75) is 13.5 Å². The molecule has 0 unspecified atom stereocenters. The fraction of sp³-hybridized carbons (Fsp3) is 0.238. The zero-order valence-electron chi connectivity index (χ0n) is 15.8. The summed E-state index contributed by atoms with van der Waals surface area (Å²) in [7, 11) is 3.17. The van der Waals surface area contributed by atoms with Crippen LogP contribution in [0.4, 0.5) is 4.39 Å². The molecular formula is C21H20BrFN2O3. The topological polar surface area (TPSA) is 62.6 Å². The Hall–Kier alpha value is -2.85. The highest BCUT2D eigenvalue weighted by Crippen LogP contribution is 2.35. The van der Waals surface area contributed by atoms with Gasteiger partial charge in [0, 0.05) is 18.6 Å². The minimum absolute atomic E-state index is 0.00753. The van der Waals surface area contributed by atoms with Crippen molar-refractivity contribution in [1.29, 1.82) is 5.26 Å².